The molecule has 0 amide bonds. The van der Waals surface area contributed by atoms with Crippen LogP contribution < -0.4 is 0 Å². The van der Waals surface area contributed by atoms with Gasteiger partial charge in [-0.15, -0.1) is 0 Å². The van der Waals surface area contributed by atoms with Crippen LogP contribution in [-0.4, -0.2) is 35.7 Å². The summed E-state index contributed by atoms with van der Waals surface area (Å²) in [4.78, 5) is 2.18. The number of hydrogen-bond acceptors (Lipinski definition) is 3. The second-order valence-corrected chi connectivity index (χ2v) is 4.53. The first-order valence-electron chi connectivity index (χ1n) is 4.85. The molecule has 74 valence electrons. The Labute approximate surface area is 80.0 Å². The Morgan fingerprint density at radius 3 is 2.85 bits per heavy atom. The summed E-state index contributed by atoms with van der Waals surface area (Å²) in [6, 6.07) is 2.28. The Morgan fingerprint density at radius 1 is 1.62 bits per heavy atom. The summed E-state index contributed by atoms with van der Waals surface area (Å²) in [5.41, 5.74) is -0.295. The quantitative estimate of drug-likeness (QED) is 0.693. The molecule has 0 saturated carbocycles. The molecule has 1 aliphatic rings. The first kappa shape index (κ1) is 10.5. The predicted molar refractivity (Wildman–Crippen MR) is 51.1 cm³/mol. The topological polar surface area (TPSA) is 47.3 Å². The van der Waals surface area contributed by atoms with Crippen LogP contribution in [0.2, 0.25) is 0 Å². The maximum absolute atomic E-state index is 9.42. The molecular weight excluding hydrogens is 164 g/mol. The second kappa shape index (κ2) is 4.08. The van der Waals surface area contributed by atoms with Crippen molar-refractivity contribution in [1.82, 2.24) is 4.90 Å². The van der Waals surface area contributed by atoms with Gasteiger partial charge < -0.3 is 5.11 Å². The van der Waals surface area contributed by atoms with Crippen LogP contribution in [0.25, 0.3) is 0 Å². The minimum atomic E-state index is -0.295. The number of piperidine rings is 1. The number of nitriles is 1. The predicted octanol–water partition coefficient (Wildman–Crippen LogP) is 0.993. The van der Waals surface area contributed by atoms with Crippen LogP contribution in [0.4, 0.5) is 0 Å². The van der Waals surface area contributed by atoms with E-state index >= 15 is 0 Å². The van der Waals surface area contributed by atoms with Gasteiger partial charge in [0.1, 0.15) is 0 Å². The lowest BCUT2D eigenvalue weighted by Crippen LogP contribution is -2.42. The number of aliphatic hydroxyl groups is 1. The van der Waals surface area contributed by atoms with E-state index in [1.54, 1.807) is 0 Å². The Morgan fingerprint density at radius 2 is 2.31 bits per heavy atom. The maximum atomic E-state index is 9.42. The summed E-state index contributed by atoms with van der Waals surface area (Å²) >= 11 is 0. The van der Waals surface area contributed by atoms with Crippen molar-refractivity contribution in [3.05, 3.63) is 0 Å². The van der Waals surface area contributed by atoms with E-state index in [0.717, 1.165) is 32.5 Å². The lowest BCUT2D eigenvalue weighted by Gasteiger charge is -2.33. The molecule has 3 heteroatoms. The molecule has 1 heterocycles. The highest BCUT2D eigenvalue weighted by Crippen LogP contribution is 2.18. The summed E-state index contributed by atoms with van der Waals surface area (Å²) in [7, 11) is 0. The zero-order valence-corrected chi connectivity index (χ0v) is 8.45. The molecule has 1 atom stereocenters. The summed E-state index contributed by atoms with van der Waals surface area (Å²) in [5, 5.41) is 18.3. The van der Waals surface area contributed by atoms with Crippen molar-refractivity contribution in [2.45, 2.75) is 32.8 Å². The highest BCUT2D eigenvalue weighted by atomic mass is 16.3. The smallest absolute Gasteiger partial charge is 0.0697 e. The molecule has 0 aromatic rings. The van der Waals surface area contributed by atoms with Crippen LogP contribution >= 0.6 is 0 Å². The molecule has 0 aromatic carbocycles. The summed E-state index contributed by atoms with van der Waals surface area (Å²) < 4.78 is 0. The molecule has 13 heavy (non-hydrogen) atoms. The van der Waals surface area contributed by atoms with E-state index < -0.39 is 0 Å². The molecule has 1 unspecified atom stereocenters. The first-order valence-corrected chi connectivity index (χ1v) is 4.85. The number of aliphatic hydroxyl groups excluding tert-OH is 1. The molecule has 0 radical (unpaired) electrons. The van der Waals surface area contributed by atoms with Crippen LogP contribution in [0.1, 0.15) is 26.7 Å². The van der Waals surface area contributed by atoms with Crippen LogP contribution in [0, 0.1) is 16.7 Å². The molecule has 1 saturated heterocycles. The molecule has 0 bridgehead atoms. The van der Waals surface area contributed by atoms with Gasteiger partial charge in [0.05, 0.1) is 17.6 Å². The first-order chi connectivity index (χ1) is 6.03. The summed E-state index contributed by atoms with van der Waals surface area (Å²) in [5.74, 6) is 0. The van der Waals surface area contributed by atoms with Gasteiger partial charge >= 0.3 is 0 Å². The van der Waals surface area contributed by atoms with Gasteiger partial charge in [-0.3, -0.25) is 4.90 Å². The average molecular weight is 182 g/mol. The molecule has 0 spiro atoms. The SMILES string of the molecule is CC(C)(C#N)CN1CCCC(O)C1. The van der Waals surface area contributed by atoms with Gasteiger partial charge in [-0.1, -0.05) is 0 Å². The van der Waals surface area contributed by atoms with Crippen molar-refractivity contribution in [3.63, 3.8) is 0 Å². The Kier molecular flexibility index (Phi) is 3.29. The normalized spacial score (nSPS) is 25.5. The van der Waals surface area contributed by atoms with E-state index in [1.807, 2.05) is 13.8 Å². The summed E-state index contributed by atoms with van der Waals surface area (Å²) in [6.07, 6.45) is 1.76. The summed E-state index contributed by atoms with van der Waals surface area (Å²) in [6.45, 7) is 6.38. The highest BCUT2D eigenvalue weighted by molar-refractivity contribution is 4.94. The number of nitrogens with zero attached hydrogens (tertiary/aromatic N) is 2. The van der Waals surface area contributed by atoms with Crippen molar-refractivity contribution in [3.8, 4) is 6.07 Å². The van der Waals surface area contributed by atoms with E-state index in [0.29, 0.717) is 0 Å². The average Bonchev–Trinajstić information content (AvgIpc) is 2.03. The Hall–Kier alpha value is -0.590. The number of rotatable bonds is 2. The zero-order valence-electron chi connectivity index (χ0n) is 8.45. The largest absolute Gasteiger partial charge is 0.392 e. The fourth-order valence-electron chi connectivity index (χ4n) is 1.77. The van der Waals surface area contributed by atoms with Gasteiger partial charge in [0, 0.05) is 13.1 Å². The van der Waals surface area contributed by atoms with Crippen molar-refractivity contribution in [2.24, 2.45) is 5.41 Å². The third-order valence-electron chi connectivity index (χ3n) is 2.40. The van der Waals surface area contributed by atoms with Crippen LogP contribution in [0.5, 0.6) is 0 Å². The lowest BCUT2D eigenvalue weighted by molar-refractivity contribution is 0.0582. The van der Waals surface area contributed by atoms with Crippen molar-refractivity contribution < 1.29 is 5.11 Å². The van der Waals surface area contributed by atoms with E-state index in [2.05, 4.69) is 11.0 Å². The zero-order chi connectivity index (χ0) is 9.90. The Balaban J connectivity index is 2.41. The molecule has 1 rings (SSSR count). The van der Waals surface area contributed by atoms with Gasteiger partial charge in [0.15, 0.2) is 0 Å². The van der Waals surface area contributed by atoms with E-state index in [1.165, 1.54) is 0 Å². The fourth-order valence-corrected chi connectivity index (χ4v) is 1.77. The monoisotopic (exact) mass is 182 g/mol. The van der Waals surface area contributed by atoms with Crippen LogP contribution in [-0.2, 0) is 0 Å². The maximum Gasteiger partial charge on any atom is 0.0697 e. The lowest BCUT2D eigenvalue weighted by atomic mass is 9.94. The van der Waals surface area contributed by atoms with Crippen molar-refractivity contribution in [2.75, 3.05) is 19.6 Å². The molecule has 1 N–H and O–H groups in total. The molecule has 0 aromatic heterocycles. The number of β-amino-alcohol motifs (C(OH)–C–C–N with tert-alkyl or cyclic N) is 1. The van der Waals surface area contributed by atoms with E-state index in [9.17, 15) is 5.11 Å². The third-order valence-corrected chi connectivity index (χ3v) is 2.40. The van der Waals surface area contributed by atoms with Crippen molar-refractivity contribution in [1.29, 1.82) is 5.26 Å². The number of hydrogen-bond donors (Lipinski definition) is 1. The van der Waals surface area contributed by atoms with Gasteiger partial charge in [0.2, 0.25) is 0 Å². The van der Waals surface area contributed by atoms with Gasteiger partial charge in [-0.25, -0.2) is 0 Å². The third kappa shape index (κ3) is 3.33. The van der Waals surface area contributed by atoms with Gasteiger partial charge in [-0.05, 0) is 33.2 Å². The minimum Gasteiger partial charge on any atom is -0.392 e. The standard InChI is InChI=1S/C10H18N2O/c1-10(2,7-11)8-12-5-3-4-9(13)6-12/h9,13H,3-6,8H2,1-2H3. The highest BCUT2D eigenvalue weighted by Gasteiger charge is 2.24. The minimum absolute atomic E-state index is 0.191. The molecular formula is C10H18N2O. The van der Waals surface area contributed by atoms with Crippen LogP contribution in [0.15, 0.2) is 0 Å². The molecule has 1 fully saturated rings. The van der Waals surface area contributed by atoms with Crippen LogP contribution in [0.3, 0.4) is 0 Å². The molecule has 1 aliphatic heterocycles. The van der Waals surface area contributed by atoms with Gasteiger partial charge in [-0.2, -0.15) is 5.26 Å². The fraction of sp³-hybridized carbons (Fsp3) is 0.900. The van der Waals surface area contributed by atoms with Crippen molar-refractivity contribution >= 4 is 0 Å². The second-order valence-electron chi connectivity index (χ2n) is 4.53. The molecule has 0 aliphatic carbocycles. The molecule has 3 nitrogen and oxygen atoms in total. The van der Waals surface area contributed by atoms with Gasteiger partial charge in [0.25, 0.3) is 0 Å². The van der Waals surface area contributed by atoms with E-state index in [4.69, 9.17) is 5.26 Å². The van der Waals surface area contributed by atoms with E-state index in [-0.39, 0.29) is 11.5 Å². The number of likely N-dealkylation sites (tertiary alicyclic amines) is 1. The Bertz CT molecular complexity index is 207.